The van der Waals surface area contributed by atoms with Crippen LogP contribution in [0.5, 0.6) is 0 Å². The zero-order chi connectivity index (χ0) is 20.0. The van der Waals surface area contributed by atoms with Crippen molar-refractivity contribution >= 4 is 32.9 Å². The molecule has 0 bridgehead atoms. The summed E-state index contributed by atoms with van der Waals surface area (Å²) in [5, 5.41) is 14.4. The van der Waals surface area contributed by atoms with Gasteiger partial charge in [0, 0.05) is 37.4 Å². The summed E-state index contributed by atoms with van der Waals surface area (Å²) in [5.41, 5.74) is 1.40. The summed E-state index contributed by atoms with van der Waals surface area (Å²) in [6.45, 7) is 3.90. The second kappa shape index (κ2) is 6.96. The molecule has 0 saturated carbocycles. The topological polar surface area (TPSA) is 49.6 Å². The number of alkyl halides is 3. The predicted octanol–water partition coefficient (Wildman–Crippen LogP) is 3.68. The van der Waals surface area contributed by atoms with E-state index in [1.54, 1.807) is 17.4 Å². The monoisotopic (exact) mass is 418 g/mol. The van der Waals surface area contributed by atoms with Gasteiger partial charge in [-0.3, -0.25) is 4.90 Å². The van der Waals surface area contributed by atoms with Gasteiger partial charge < -0.3 is 4.90 Å². The SMILES string of the molecule is FC(F)(F)c1nnc2ccc(N3CCN(Cc4csc5ccccc45)CC3)nn12. The number of aromatic nitrogens is 4. The molecule has 1 saturated heterocycles. The molecule has 0 N–H and O–H groups in total. The van der Waals surface area contributed by atoms with E-state index < -0.39 is 12.0 Å². The van der Waals surface area contributed by atoms with Crippen LogP contribution in [0.3, 0.4) is 0 Å². The fourth-order valence-corrected chi connectivity index (χ4v) is 4.61. The molecule has 1 aliphatic heterocycles. The number of halogens is 3. The third-order valence-corrected chi connectivity index (χ3v) is 6.17. The number of benzene rings is 1. The Balaban J connectivity index is 1.30. The predicted molar refractivity (Wildman–Crippen MR) is 105 cm³/mol. The highest BCUT2D eigenvalue weighted by molar-refractivity contribution is 7.17. The molecule has 29 heavy (non-hydrogen) atoms. The molecule has 5 rings (SSSR count). The highest BCUT2D eigenvalue weighted by atomic mass is 32.1. The highest BCUT2D eigenvalue weighted by Crippen LogP contribution is 2.29. The fraction of sp³-hybridized carbons (Fsp3) is 0.316. The van der Waals surface area contributed by atoms with Crippen LogP contribution in [0.15, 0.2) is 41.8 Å². The molecule has 4 aromatic rings. The minimum absolute atomic E-state index is 0.0871. The molecule has 0 aliphatic carbocycles. The number of fused-ring (bicyclic) bond motifs is 2. The summed E-state index contributed by atoms with van der Waals surface area (Å²) in [5.74, 6) is -0.597. The van der Waals surface area contributed by atoms with Crippen molar-refractivity contribution in [3.63, 3.8) is 0 Å². The molecule has 6 nitrogen and oxygen atoms in total. The van der Waals surface area contributed by atoms with Gasteiger partial charge in [-0.15, -0.1) is 26.6 Å². The Bertz CT molecular complexity index is 1160. The number of piperazine rings is 1. The zero-order valence-corrected chi connectivity index (χ0v) is 16.1. The third-order valence-electron chi connectivity index (χ3n) is 5.15. The maximum atomic E-state index is 13.1. The lowest BCUT2D eigenvalue weighted by Crippen LogP contribution is -2.46. The number of hydrogen-bond acceptors (Lipinski definition) is 6. The van der Waals surface area contributed by atoms with E-state index in [0.717, 1.165) is 24.1 Å². The lowest BCUT2D eigenvalue weighted by molar-refractivity contribution is -0.146. The van der Waals surface area contributed by atoms with Crippen LogP contribution in [0.2, 0.25) is 0 Å². The first-order valence-corrected chi connectivity index (χ1v) is 10.1. The van der Waals surface area contributed by atoms with E-state index in [9.17, 15) is 13.2 Å². The summed E-state index contributed by atoms with van der Waals surface area (Å²) in [7, 11) is 0. The summed E-state index contributed by atoms with van der Waals surface area (Å²) < 4.78 is 41.3. The van der Waals surface area contributed by atoms with Gasteiger partial charge in [0.15, 0.2) is 5.65 Å². The minimum atomic E-state index is -4.59. The Hall–Kier alpha value is -2.72. The van der Waals surface area contributed by atoms with Gasteiger partial charge >= 0.3 is 6.18 Å². The van der Waals surface area contributed by atoms with Crippen LogP contribution in [-0.4, -0.2) is 50.9 Å². The van der Waals surface area contributed by atoms with Crippen LogP contribution in [0.4, 0.5) is 19.0 Å². The van der Waals surface area contributed by atoms with Crippen molar-refractivity contribution in [1.82, 2.24) is 24.7 Å². The molecule has 4 heterocycles. The molecule has 0 unspecified atom stereocenters. The van der Waals surface area contributed by atoms with Crippen molar-refractivity contribution in [3.8, 4) is 0 Å². The zero-order valence-electron chi connectivity index (χ0n) is 15.3. The Labute approximate surface area is 168 Å². The van der Waals surface area contributed by atoms with Crippen LogP contribution in [0.1, 0.15) is 11.4 Å². The van der Waals surface area contributed by atoms with Crippen molar-refractivity contribution in [2.45, 2.75) is 12.7 Å². The molecule has 0 spiro atoms. The van der Waals surface area contributed by atoms with Crippen LogP contribution >= 0.6 is 11.3 Å². The second-order valence-electron chi connectivity index (χ2n) is 7.00. The molecule has 150 valence electrons. The van der Waals surface area contributed by atoms with Crippen LogP contribution < -0.4 is 4.90 Å². The normalized spacial score (nSPS) is 16.2. The Morgan fingerprint density at radius 3 is 2.55 bits per heavy atom. The Morgan fingerprint density at radius 2 is 1.76 bits per heavy atom. The highest BCUT2D eigenvalue weighted by Gasteiger charge is 2.37. The summed E-state index contributed by atoms with van der Waals surface area (Å²) in [6, 6.07) is 11.6. The minimum Gasteiger partial charge on any atom is -0.353 e. The maximum absolute atomic E-state index is 13.1. The molecule has 0 atom stereocenters. The van der Waals surface area contributed by atoms with E-state index in [1.807, 2.05) is 11.0 Å². The van der Waals surface area contributed by atoms with Gasteiger partial charge in [0.25, 0.3) is 5.82 Å². The molecular formula is C19H17F3N6S. The van der Waals surface area contributed by atoms with Gasteiger partial charge in [0.1, 0.15) is 5.82 Å². The quantitative estimate of drug-likeness (QED) is 0.508. The van der Waals surface area contributed by atoms with Gasteiger partial charge in [-0.25, -0.2) is 0 Å². The number of thiophene rings is 1. The van der Waals surface area contributed by atoms with Gasteiger partial charge in [-0.2, -0.15) is 17.7 Å². The van der Waals surface area contributed by atoms with Gasteiger partial charge in [0.05, 0.1) is 0 Å². The number of anilines is 1. The van der Waals surface area contributed by atoms with E-state index in [4.69, 9.17) is 0 Å². The molecule has 3 aromatic heterocycles. The van der Waals surface area contributed by atoms with E-state index in [1.165, 1.54) is 21.7 Å². The van der Waals surface area contributed by atoms with Crippen molar-refractivity contribution in [2.75, 3.05) is 31.1 Å². The lowest BCUT2D eigenvalue weighted by Gasteiger charge is -2.35. The second-order valence-corrected chi connectivity index (χ2v) is 7.91. The first-order chi connectivity index (χ1) is 14.0. The van der Waals surface area contributed by atoms with E-state index >= 15 is 0 Å². The molecule has 1 fully saturated rings. The maximum Gasteiger partial charge on any atom is 0.453 e. The Morgan fingerprint density at radius 1 is 0.966 bits per heavy atom. The van der Waals surface area contributed by atoms with Crippen molar-refractivity contribution in [3.05, 3.63) is 53.2 Å². The van der Waals surface area contributed by atoms with Crippen molar-refractivity contribution < 1.29 is 13.2 Å². The van der Waals surface area contributed by atoms with Crippen LogP contribution in [-0.2, 0) is 12.7 Å². The molecule has 1 aliphatic rings. The number of hydrogen-bond donors (Lipinski definition) is 0. The first-order valence-electron chi connectivity index (χ1n) is 9.21. The molecule has 0 radical (unpaired) electrons. The fourth-order valence-electron chi connectivity index (χ4n) is 3.66. The summed E-state index contributed by atoms with van der Waals surface area (Å²) >= 11 is 1.75. The molecule has 10 heteroatoms. The summed E-state index contributed by atoms with van der Waals surface area (Å²) in [6.07, 6.45) is -4.59. The smallest absolute Gasteiger partial charge is 0.353 e. The third kappa shape index (κ3) is 3.42. The van der Waals surface area contributed by atoms with Crippen LogP contribution in [0.25, 0.3) is 15.7 Å². The largest absolute Gasteiger partial charge is 0.453 e. The number of nitrogens with zero attached hydrogens (tertiary/aromatic N) is 6. The average molecular weight is 418 g/mol. The standard InChI is InChI=1S/C19H17F3N6S/c20-19(21,22)18-24-23-16-5-6-17(25-28(16)18)27-9-7-26(8-10-27)11-13-12-29-15-4-2-1-3-14(13)15/h1-6,12H,7-11H2. The van der Waals surface area contributed by atoms with Gasteiger partial charge in [-0.1, -0.05) is 18.2 Å². The van der Waals surface area contributed by atoms with Crippen molar-refractivity contribution in [2.24, 2.45) is 0 Å². The van der Waals surface area contributed by atoms with Crippen LogP contribution in [0, 0.1) is 0 Å². The van der Waals surface area contributed by atoms with Crippen molar-refractivity contribution in [1.29, 1.82) is 0 Å². The Kier molecular flexibility index (Phi) is 4.39. The first kappa shape index (κ1) is 18.3. The van der Waals surface area contributed by atoms with E-state index in [0.29, 0.717) is 18.9 Å². The molecule has 1 aromatic carbocycles. The lowest BCUT2D eigenvalue weighted by atomic mass is 10.1. The molecule has 0 amide bonds. The van der Waals surface area contributed by atoms with E-state index in [2.05, 4.69) is 43.8 Å². The average Bonchev–Trinajstić information content (AvgIpc) is 3.32. The van der Waals surface area contributed by atoms with Gasteiger partial charge in [-0.05, 0) is 34.5 Å². The van der Waals surface area contributed by atoms with E-state index in [-0.39, 0.29) is 5.65 Å². The van der Waals surface area contributed by atoms with Gasteiger partial charge in [0.2, 0.25) is 0 Å². The molecular weight excluding hydrogens is 401 g/mol. The number of rotatable bonds is 3. The summed E-state index contributed by atoms with van der Waals surface area (Å²) in [4.78, 5) is 4.37.